The van der Waals surface area contributed by atoms with E-state index in [1.807, 2.05) is 49.4 Å². The van der Waals surface area contributed by atoms with Gasteiger partial charge in [0.2, 0.25) is 0 Å². The number of carbonyl (C=O) groups is 1. The van der Waals surface area contributed by atoms with Crippen LogP contribution >= 0.6 is 0 Å². The molecule has 1 fully saturated rings. The molecule has 0 spiro atoms. The third-order valence-corrected chi connectivity index (χ3v) is 7.16. The highest BCUT2D eigenvalue weighted by Crippen LogP contribution is 2.43. The second kappa shape index (κ2) is 11.0. The van der Waals surface area contributed by atoms with Gasteiger partial charge in [0.25, 0.3) is 0 Å². The molecule has 0 atom stereocenters. The number of carboxylic acid groups (broad SMARTS) is 1. The summed E-state index contributed by atoms with van der Waals surface area (Å²) in [6.07, 6.45) is 5.14. The van der Waals surface area contributed by atoms with Crippen LogP contribution in [0.4, 0.5) is 4.39 Å². The van der Waals surface area contributed by atoms with Crippen molar-refractivity contribution >= 4 is 11.5 Å². The van der Waals surface area contributed by atoms with Crippen molar-refractivity contribution in [1.29, 1.82) is 0 Å². The van der Waals surface area contributed by atoms with Crippen LogP contribution in [0, 0.1) is 5.82 Å². The molecule has 0 heterocycles. The summed E-state index contributed by atoms with van der Waals surface area (Å²) in [6, 6.07) is 18.4. The smallest absolute Gasteiger partial charge is 0.304 e. The second-order valence-corrected chi connectivity index (χ2v) is 9.73. The maximum Gasteiger partial charge on any atom is 0.304 e. The Bertz CT molecular complexity index is 1260. The molecule has 1 N–H and O–H groups in total. The van der Waals surface area contributed by atoms with Crippen molar-refractivity contribution in [2.24, 2.45) is 0 Å². The first kappa shape index (κ1) is 25.5. The fourth-order valence-electron chi connectivity index (χ4n) is 5.27. The van der Waals surface area contributed by atoms with Gasteiger partial charge in [0.05, 0.1) is 13.5 Å². The van der Waals surface area contributed by atoms with Gasteiger partial charge in [0.15, 0.2) is 0 Å². The van der Waals surface area contributed by atoms with Crippen molar-refractivity contribution in [1.82, 2.24) is 0 Å². The van der Waals surface area contributed by atoms with Crippen molar-refractivity contribution in [2.45, 2.75) is 57.5 Å². The van der Waals surface area contributed by atoms with E-state index in [4.69, 9.17) is 9.47 Å². The Labute approximate surface area is 212 Å². The Morgan fingerprint density at radius 1 is 1.00 bits per heavy atom. The lowest BCUT2D eigenvalue weighted by atomic mass is 9.67. The average molecular weight is 489 g/mol. The molecule has 5 heteroatoms. The van der Waals surface area contributed by atoms with Crippen LogP contribution in [0.25, 0.3) is 16.7 Å². The first-order valence-electron chi connectivity index (χ1n) is 12.4. The summed E-state index contributed by atoms with van der Waals surface area (Å²) in [5.74, 6) is 0.216. The molecule has 4 rings (SSSR count). The van der Waals surface area contributed by atoms with Gasteiger partial charge in [-0.3, -0.25) is 4.79 Å². The van der Waals surface area contributed by atoms with Gasteiger partial charge in [0, 0.05) is 11.0 Å². The zero-order valence-corrected chi connectivity index (χ0v) is 21.0. The van der Waals surface area contributed by atoms with E-state index in [0.29, 0.717) is 23.7 Å². The minimum Gasteiger partial charge on any atom is -0.497 e. The van der Waals surface area contributed by atoms with Gasteiger partial charge in [-0.05, 0) is 78.4 Å². The number of hydrogen-bond acceptors (Lipinski definition) is 3. The minimum absolute atomic E-state index is 0.140. The van der Waals surface area contributed by atoms with E-state index >= 15 is 0 Å². The molecule has 3 aromatic carbocycles. The summed E-state index contributed by atoms with van der Waals surface area (Å²) in [5, 5.41) is 9.57. The molecule has 188 valence electrons. The van der Waals surface area contributed by atoms with Crippen LogP contribution in [0.2, 0.25) is 0 Å². The Morgan fingerprint density at radius 3 is 2.47 bits per heavy atom. The highest BCUT2D eigenvalue weighted by atomic mass is 19.1. The summed E-state index contributed by atoms with van der Waals surface area (Å²) in [6.45, 7) is 6.33. The number of aliphatic carboxylic acids is 1. The maximum atomic E-state index is 14.7. The quantitative estimate of drug-likeness (QED) is 0.334. The maximum absolute atomic E-state index is 14.7. The molecule has 0 unspecified atom stereocenters. The van der Waals surface area contributed by atoms with Crippen LogP contribution in [0.5, 0.6) is 11.5 Å². The fourth-order valence-corrected chi connectivity index (χ4v) is 5.27. The fraction of sp³-hybridized carbons (Fsp3) is 0.323. The number of rotatable bonds is 9. The monoisotopic (exact) mass is 488 g/mol. The Morgan fingerprint density at radius 2 is 1.78 bits per heavy atom. The van der Waals surface area contributed by atoms with Crippen molar-refractivity contribution in [3.05, 3.63) is 89.8 Å². The summed E-state index contributed by atoms with van der Waals surface area (Å²) in [4.78, 5) is 11.6. The molecular formula is C31H33FO4. The summed E-state index contributed by atoms with van der Waals surface area (Å²) in [7, 11) is 1.56. The third kappa shape index (κ3) is 5.62. The number of halogens is 1. The van der Waals surface area contributed by atoms with Gasteiger partial charge in [-0.15, -0.1) is 0 Å². The predicted octanol–water partition coefficient (Wildman–Crippen LogP) is 7.79. The lowest BCUT2D eigenvalue weighted by Crippen LogP contribution is -2.31. The van der Waals surface area contributed by atoms with E-state index < -0.39 is 5.97 Å². The predicted molar refractivity (Wildman–Crippen MR) is 141 cm³/mol. The molecule has 36 heavy (non-hydrogen) atoms. The number of carboxylic acids is 1. The van der Waals surface area contributed by atoms with Crippen molar-refractivity contribution < 1.29 is 23.8 Å². The highest BCUT2D eigenvalue weighted by Gasteiger charge is 2.36. The van der Waals surface area contributed by atoms with E-state index in [0.717, 1.165) is 59.9 Å². The molecule has 4 nitrogen and oxygen atoms in total. The van der Waals surface area contributed by atoms with Crippen molar-refractivity contribution in [3.63, 3.8) is 0 Å². The number of benzene rings is 3. The summed E-state index contributed by atoms with van der Waals surface area (Å²) < 4.78 is 26.1. The minimum atomic E-state index is -0.761. The molecule has 0 amide bonds. The van der Waals surface area contributed by atoms with E-state index in [9.17, 15) is 14.3 Å². The SMILES string of the molecule is C=C(C)c1cc(COc2cccc(C3(CC(=O)O)CCCCC3)c2)ccc1-c1cc(OC)ccc1F. The highest BCUT2D eigenvalue weighted by molar-refractivity contribution is 5.81. The zero-order chi connectivity index (χ0) is 25.7. The van der Waals surface area contributed by atoms with Crippen molar-refractivity contribution in [3.8, 4) is 22.6 Å². The molecular weight excluding hydrogens is 455 g/mol. The average Bonchev–Trinajstić information content (AvgIpc) is 2.88. The standard InChI is InChI=1S/C31H33FO4/c1-21(2)27-16-22(10-12-26(27)28-18-24(35-3)11-13-29(28)32)20-36-25-9-7-8-23(17-25)31(19-30(33)34)14-5-4-6-15-31/h7-13,16-18H,1,4-6,14-15,19-20H2,2-3H3,(H,33,34). The molecule has 0 saturated heterocycles. The lowest BCUT2D eigenvalue weighted by molar-refractivity contribution is -0.138. The van der Waals surface area contributed by atoms with E-state index in [1.165, 1.54) is 6.07 Å². The third-order valence-electron chi connectivity index (χ3n) is 7.16. The molecule has 0 radical (unpaired) electrons. The zero-order valence-electron chi connectivity index (χ0n) is 21.0. The first-order chi connectivity index (χ1) is 17.3. The number of methoxy groups -OCH3 is 1. The van der Waals surface area contributed by atoms with Crippen molar-refractivity contribution in [2.75, 3.05) is 7.11 Å². The number of allylic oxidation sites excluding steroid dienone is 1. The Hall–Kier alpha value is -3.60. The van der Waals surface area contributed by atoms with Crippen LogP contribution in [-0.2, 0) is 16.8 Å². The molecule has 0 aliphatic heterocycles. The lowest BCUT2D eigenvalue weighted by Gasteiger charge is -2.37. The molecule has 1 saturated carbocycles. The second-order valence-electron chi connectivity index (χ2n) is 9.73. The van der Waals surface area contributed by atoms with E-state index in [2.05, 4.69) is 6.58 Å². The number of ether oxygens (including phenoxy) is 2. The van der Waals surface area contributed by atoms with Crippen LogP contribution in [0.1, 0.15) is 62.1 Å². The van der Waals surface area contributed by atoms with Crippen LogP contribution in [-0.4, -0.2) is 18.2 Å². The molecule has 3 aromatic rings. The van der Waals surface area contributed by atoms with Crippen LogP contribution < -0.4 is 9.47 Å². The molecule has 1 aliphatic carbocycles. The van der Waals surface area contributed by atoms with Gasteiger partial charge in [0.1, 0.15) is 23.9 Å². The van der Waals surface area contributed by atoms with E-state index in [1.54, 1.807) is 19.2 Å². The Kier molecular flexibility index (Phi) is 7.78. The summed E-state index contributed by atoms with van der Waals surface area (Å²) in [5.41, 5.74) is 4.51. The van der Waals surface area contributed by atoms with Gasteiger partial charge in [-0.2, -0.15) is 0 Å². The van der Waals surface area contributed by atoms with Gasteiger partial charge in [-0.1, -0.05) is 55.7 Å². The van der Waals surface area contributed by atoms with Crippen LogP contribution in [0.15, 0.2) is 67.2 Å². The van der Waals surface area contributed by atoms with Gasteiger partial charge in [-0.25, -0.2) is 4.39 Å². The summed E-state index contributed by atoms with van der Waals surface area (Å²) >= 11 is 0. The topological polar surface area (TPSA) is 55.8 Å². The van der Waals surface area contributed by atoms with Gasteiger partial charge >= 0.3 is 5.97 Å². The van der Waals surface area contributed by atoms with E-state index in [-0.39, 0.29) is 17.7 Å². The van der Waals surface area contributed by atoms with Gasteiger partial charge < -0.3 is 14.6 Å². The largest absolute Gasteiger partial charge is 0.497 e. The molecule has 1 aliphatic rings. The van der Waals surface area contributed by atoms with Crippen LogP contribution in [0.3, 0.4) is 0 Å². The number of hydrogen-bond donors (Lipinski definition) is 1. The molecule has 0 aromatic heterocycles. The molecule has 0 bridgehead atoms. The Balaban J connectivity index is 1.57. The normalized spacial score (nSPS) is 14.8. The first-order valence-corrected chi connectivity index (χ1v) is 12.4.